The fourth-order valence-electron chi connectivity index (χ4n) is 3.52. The molecule has 0 heterocycles. The van der Waals surface area contributed by atoms with Crippen LogP contribution in [0.3, 0.4) is 0 Å². The molecule has 0 aromatic heterocycles. The molecule has 0 fully saturated rings. The zero-order chi connectivity index (χ0) is 22.3. The van der Waals surface area contributed by atoms with E-state index in [1.165, 1.54) is 0 Å². The van der Waals surface area contributed by atoms with Crippen molar-refractivity contribution in [3.8, 4) is 0 Å². The molecule has 3 rings (SSSR count). The van der Waals surface area contributed by atoms with Crippen molar-refractivity contribution >= 4 is 24.0 Å². The fourth-order valence-corrected chi connectivity index (χ4v) is 5.08. The van der Waals surface area contributed by atoms with Crippen LogP contribution in [0, 0.1) is 5.92 Å². The lowest BCUT2D eigenvalue weighted by Gasteiger charge is -2.36. The first-order valence-corrected chi connectivity index (χ1v) is 11.3. The lowest BCUT2D eigenvalue weighted by Crippen LogP contribution is -2.33. The molecule has 168 valence electrons. The second-order valence-corrected chi connectivity index (χ2v) is 9.60. The van der Waals surface area contributed by atoms with Gasteiger partial charge in [0.25, 0.3) is 0 Å². The molecule has 1 atom stereocenters. The maximum Gasteiger partial charge on any atom is 0.317 e. The van der Waals surface area contributed by atoms with Crippen LogP contribution in [-0.2, 0) is 19.1 Å². The van der Waals surface area contributed by atoms with Gasteiger partial charge in [-0.25, -0.2) is 0 Å². The lowest BCUT2D eigenvalue weighted by molar-refractivity contribution is -0.159. The minimum absolute atomic E-state index is 0. The summed E-state index contributed by atoms with van der Waals surface area (Å²) in [6, 6.07) is 30.6. The van der Waals surface area contributed by atoms with Crippen LogP contribution in [0.1, 0.15) is 37.5 Å². The maximum absolute atomic E-state index is 12.6. The first-order chi connectivity index (χ1) is 14.9. The highest BCUT2D eigenvalue weighted by molar-refractivity contribution is 8.00. The van der Waals surface area contributed by atoms with Crippen molar-refractivity contribution in [1.29, 1.82) is 0 Å². The van der Waals surface area contributed by atoms with Crippen LogP contribution in [0.2, 0.25) is 0 Å². The zero-order valence-electron chi connectivity index (χ0n) is 18.9. The van der Waals surface area contributed by atoms with Crippen molar-refractivity contribution in [3.63, 3.8) is 0 Å². The van der Waals surface area contributed by atoms with Gasteiger partial charge in [0, 0.05) is 5.75 Å². The molecule has 3 N–H and O–H groups in total. The standard InChI is InChI=1S/C27H28O3S.H3N/c1-26(2,3)30-25(29)21(19-28)20-31-27(22-13-7-4-8-14-22,23-15-9-5-10-16-23)24-17-11-6-12-18-24;/h4-19,21H,20H2,1-3H3;1H3. The Kier molecular flexibility index (Phi) is 8.81. The number of hydrogen-bond donors (Lipinski definition) is 1. The minimum Gasteiger partial charge on any atom is -0.459 e. The van der Waals surface area contributed by atoms with Gasteiger partial charge in [-0.2, -0.15) is 0 Å². The van der Waals surface area contributed by atoms with E-state index < -0.39 is 22.2 Å². The second-order valence-electron chi connectivity index (χ2n) is 8.37. The van der Waals surface area contributed by atoms with Gasteiger partial charge in [-0.3, -0.25) is 4.79 Å². The Bertz CT molecular complexity index is 889. The molecule has 0 aliphatic rings. The molecule has 1 unspecified atom stereocenters. The maximum atomic E-state index is 12.6. The molecule has 5 heteroatoms. The minimum atomic E-state index is -0.847. The van der Waals surface area contributed by atoms with Gasteiger partial charge in [-0.15, -0.1) is 11.8 Å². The number of thioether (sulfide) groups is 1. The molecule has 3 aromatic rings. The quantitative estimate of drug-likeness (QED) is 0.197. The molecular weight excluding hydrogens is 418 g/mol. The van der Waals surface area contributed by atoms with E-state index in [4.69, 9.17) is 4.74 Å². The summed E-state index contributed by atoms with van der Waals surface area (Å²) in [5.74, 6) is -1.03. The van der Waals surface area contributed by atoms with Crippen LogP contribution < -0.4 is 6.15 Å². The molecule has 0 aliphatic carbocycles. The van der Waals surface area contributed by atoms with Gasteiger partial charge in [0.1, 0.15) is 17.8 Å². The number of ether oxygens (including phenoxy) is 1. The molecule has 4 nitrogen and oxygen atoms in total. The van der Waals surface area contributed by atoms with Gasteiger partial charge in [0.15, 0.2) is 0 Å². The van der Waals surface area contributed by atoms with E-state index in [1.807, 2.05) is 75.4 Å². The Morgan fingerprint density at radius 3 is 1.50 bits per heavy atom. The van der Waals surface area contributed by atoms with Crippen molar-refractivity contribution in [3.05, 3.63) is 108 Å². The number of benzene rings is 3. The Balaban J connectivity index is 0.00000363. The molecule has 0 bridgehead atoms. The van der Waals surface area contributed by atoms with Crippen molar-refractivity contribution in [1.82, 2.24) is 6.15 Å². The number of aldehydes is 1. The van der Waals surface area contributed by atoms with E-state index in [0.717, 1.165) is 16.7 Å². The van der Waals surface area contributed by atoms with Crippen LogP contribution in [0.5, 0.6) is 0 Å². The number of hydrogen-bond acceptors (Lipinski definition) is 5. The predicted molar refractivity (Wildman–Crippen MR) is 132 cm³/mol. The van der Waals surface area contributed by atoms with E-state index in [9.17, 15) is 9.59 Å². The summed E-state index contributed by atoms with van der Waals surface area (Å²) in [6.45, 7) is 5.42. The molecule has 0 saturated heterocycles. The first kappa shape index (κ1) is 25.4. The Morgan fingerprint density at radius 1 is 0.812 bits per heavy atom. The summed E-state index contributed by atoms with van der Waals surface area (Å²) >= 11 is 1.58. The summed E-state index contributed by atoms with van der Waals surface area (Å²) in [4.78, 5) is 24.5. The third-order valence-electron chi connectivity index (χ3n) is 4.89. The highest BCUT2D eigenvalue weighted by atomic mass is 32.2. The Morgan fingerprint density at radius 2 is 1.19 bits per heavy atom. The van der Waals surface area contributed by atoms with Gasteiger partial charge in [0.2, 0.25) is 0 Å². The van der Waals surface area contributed by atoms with Crippen LogP contribution in [-0.4, -0.2) is 23.6 Å². The monoisotopic (exact) mass is 449 g/mol. The third kappa shape index (κ3) is 5.87. The van der Waals surface area contributed by atoms with Gasteiger partial charge >= 0.3 is 5.97 Å². The van der Waals surface area contributed by atoms with E-state index in [0.29, 0.717) is 12.0 Å². The van der Waals surface area contributed by atoms with Gasteiger partial charge < -0.3 is 15.7 Å². The van der Waals surface area contributed by atoms with E-state index in [-0.39, 0.29) is 6.15 Å². The van der Waals surface area contributed by atoms with Crippen molar-refractivity contribution in [2.24, 2.45) is 5.92 Å². The van der Waals surface area contributed by atoms with Gasteiger partial charge in [-0.05, 0) is 37.5 Å². The average molecular weight is 450 g/mol. The SMILES string of the molecule is CC(C)(C)OC(=O)C(C=O)CSC(c1ccccc1)(c1ccccc1)c1ccccc1.N. The summed E-state index contributed by atoms with van der Waals surface area (Å²) in [5.41, 5.74) is 2.63. The molecule has 0 spiro atoms. The smallest absolute Gasteiger partial charge is 0.317 e. The van der Waals surface area contributed by atoms with Gasteiger partial charge in [0.05, 0.1) is 4.75 Å². The summed E-state index contributed by atoms with van der Waals surface area (Å²) in [6.07, 6.45) is 0.701. The van der Waals surface area contributed by atoms with Crippen LogP contribution >= 0.6 is 11.8 Å². The van der Waals surface area contributed by atoms with E-state index in [2.05, 4.69) is 36.4 Å². The first-order valence-electron chi connectivity index (χ1n) is 10.4. The van der Waals surface area contributed by atoms with Crippen molar-refractivity contribution in [2.45, 2.75) is 31.1 Å². The largest absolute Gasteiger partial charge is 0.459 e. The second kappa shape index (κ2) is 11.1. The topological polar surface area (TPSA) is 78.4 Å². The molecule has 0 radical (unpaired) electrons. The number of rotatable bonds is 8. The van der Waals surface area contributed by atoms with Crippen LogP contribution in [0.15, 0.2) is 91.0 Å². The number of carbonyl (C=O) groups excluding carboxylic acids is 2. The highest BCUT2D eigenvalue weighted by Gasteiger charge is 2.38. The summed E-state index contributed by atoms with van der Waals surface area (Å²) in [5, 5.41) is 0. The normalized spacial score (nSPS) is 12.3. The summed E-state index contributed by atoms with van der Waals surface area (Å²) < 4.78 is 4.91. The molecule has 0 saturated carbocycles. The van der Waals surface area contributed by atoms with E-state index in [1.54, 1.807) is 11.8 Å². The van der Waals surface area contributed by atoms with Crippen molar-refractivity contribution in [2.75, 3.05) is 5.75 Å². The Hall–Kier alpha value is -2.89. The van der Waals surface area contributed by atoms with Gasteiger partial charge in [-0.1, -0.05) is 91.0 Å². The predicted octanol–water partition coefficient (Wildman–Crippen LogP) is 6.03. The molecule has 0 amide bonds. The zero-order valence-corrected chi connectivity index (χ0v) is 19.7. The third-order valence-corrected chi connectivity index (χ3v) is 6.56. The van der Waals surface area contributed by atoms with Crippen LogP contribution in [0.4, 0.5) is 0 Å². The van der Waals surface area contributed by atoms with Crippen molar-refractivity contribution < 1.29 is 14.3 Å². The molecule has 3 aromatic carbocycles. The molecule has 0 aliphatic heterocycles. The average Bonchev–Trinajstić information content (AvgIpc) is 2.77. The lowest BCUT2D eigenvalue weighted by atomic mass is 9.84. The number of carbonyl (C=O) groups is 2. The molecule has 32 heavy (non-hydrogen) atoms. The van der Waals surface area contributed by atoms with Crippen LogP contribution in [0.25, 0.3) is 0 Å². The molecular formula is C27H31NO3S. The summed E-state index contributed by atoms with van der Waals surface area (Å²) in [7, 11) is 0. The fraction of sp³-hybridized carbons (Fsp3) is 0.259. The highest BCUT2D eigenvalue weighted by Crippen LogP contribution is 2.48. The number of esters is 1. The van der Waals surface area contributed by atoms with E-state index >= 15 is 0 Å². The Labute approximate surface area is 195 Å².